The van der Waals surface area contributed by atoms with Crippen molar-refractivity contribution in [1.29, 1.82) is 5.26 Å². The average Bonchev–Trinajstić information content (AvgIpc) is 3.09. The van der Waals surface area contributed by atoms with Crippen LogP contribution in [0.15, 0.2) is 78.4 Å². The molecule has 0 saturated heterocycles. The van der Waals surface area contributed by atoms with Crippen molar-refractivity contribution in [2.75, 3.05) is 13.2 Å². The van der Waals surface area contributed by atoms with Gasteiger partial charge in [-0.2, -0.15) is 5.26 Å². The highest BCUT2D eigenvalue weighted by atomic mass is 16.6. The maximum absolute atomic E-state index is 12.7. The van der Waals surface area contributed by atoms with E-state index >= 15 is 0 Å². The van der Waals surface area contributed by atoms with Gasteiger partial charge in [-0.3, -0.25) is 0 Å². The van der Waals surface area contributed by atoms with Gasteiger partial charge in [0.1, 0.15) is 28.9 Å². The Hall–Kier alpha value is -4.41. The number of nitriles is 1. The van der Waals surface area contributed by atoms with E-state index in [2.05, 4.69) is 13.8 Å². The zero-order valence-electron chi connectivity index (χ0n) is 28.2. The fourth-order valence-corrected chi connectivity index (χ4v) is 4.86. The molecule has 0 spiro atoms. The van der Waals surface area contributed by atoms with Crippen LogP contribution in [0.5, 0.6) is 17.2 Å². The topological polar surface area (TPSA) is 94.9 Å². The lowest BCUT2D eigenvalue weighted by atomic mass is 10.1. The molecule has 0 bridgehead atoms. The van der Waals surface area contributed by atoms with Crippen LogP contribution >= 0.6 is 0 Å². The monoisotopic (exact) mass is 639 g/mol. The second kappa shape index (κ2) is 21.4. The van der Waals surface area contributed by atoms with Crippen LogP contribution in [0, 0.1) is 11.3 Å². The molecule has 3 aromatic rings. The maximum Gasteiger partial charge on any atom is 0.354 e. The van der Waals surface area contributed by atoms with Crippen LogP contribution in [0.1, 0.15) is 97.0 Å². The van der Waals surface area contributed by atoms with Gasteiger partial charge in [-0.1, -0.05) is 108 Å². The van der Waals surface area contributed by atoms with E-state index in [-0.39, 0.29) is 5.57 Å². The molecule has 250 valence electrons. The van der Waals surface area contributed by atoms with Gasteiger partial charge in [0.15, 0.2) is 6.10 Å². The quantitative estimate of drug-likeness (QED) is 0.0376. The minimum atomic E-state index is -0.732. The largest absolute Gasteiger partial charge is 0.494 e. The molecule has 0 aliphatic rings. The van der Waals surface area contributed by atoms with Crippen molar-refractivity contribution < 1.29 is 28.5 Å². The smallest absolute Gasteiger partial charge is 0.354 e. The lowest BCUT2D eigenvalue weighted by molar-refractivity contribution is -0.146. The Bertz CT molecular complexity index is 1420. The first-order chi connectivity index (χ1) is 22.9. The first-order valence-corrected chi connectivity index (χ1v) is 17.0. The Morgan fingerprint density at radius 2 is 1.15 bits per heavy atom. The molecule has 0 heterocycles. The number of unbranched alkanes of at least 4 members (excludes halogenated alkanes) is 9. The second-order valence-electron chi connectivity index (χ2n) is 11.6. The Kier molecular flexibility index (Phi) is 16.9. The number of rotatable bonds is 21. The van der Waals surface area contributed by atoms with Gasteiger partial charge in [-0.05, 0) is 78.9 Å². The molecule has 3 aromatic carbocycles. The summed E-state index contributed by atoms with van der Waals surface area (Å²) in [5, 5.41) is 9.60. The van der Waals surface area contributed by atoms with Crippen molar-refractivity contribution in [1.82, 2.24) is 0 Å². The van der Waals surface area contributed by atoms with E-state index in [0.29, 0.717) is 30.3 Å². The molecule has 0 fully saturated rings. The fraction of sp³-hybridized carbons (Fsp3) is 0.425. The van der Waals surface area contributed by atoms with E-state index < -0.39 is 18.0 Å². The van der Waals surface area contributed by atoms with Crippen molar-refractivity contribution in [2.45, 2.75) is 97.5 Å². The molecule has 0 saturated carbocycles. The molecule has 0 amide bonds. The van der Waals surface area contributed by atoms with Crippen LogP contribution < -0.4 is 14.2 Å². The number of hydrogen-bond donors (Lipinski definition) is 0. The summed E-state index contributed by atoms with van der Waals surface area (Å²) in [7, 11) is 0. The molecular formula is C40H49NO6. The highest BCUT2D eigenvalue weighted by Crippen LogP contribution is 2.26. The van der Waals surface area contributed by atoms with Crippen LogP contribution in [-0.2, 0) is 14.3 Å². The van der Waals surface area contributed by atoms with E-state index in [9.17, 15) is 14.9 Å². The van der Waals surface area contributed by atoms with Gasteiger partial charge >= 0.3 is 11.9 Å². The van der Waals surface area contributed by atoms with Gasteiger partial charge in [0.05, 0.1) is 6.61 Å². The minimum absolute atomic E-state index is 0.105. The molecular weight excluding hydrogens is 590 g/mol. The fourth-order valence-electron chi connectivity index (χ4n) is 4.86. The van der Waals surface area contributed by atoms with Crippen LogP contribution in [-0.4, -0.2) is 31.3 Å². The zero-order chi connectivity index (χ0) is 33.7. The van der Waals surface area contributed by atoms with Gasteiger partial charge in [0.25, 0.3) is 0 Å². The first-order valence-electron chi connectivity index (χ1n) is 17.0. The summed E-state index contributed by atoms with van der Waals surface area (Å²) in [5.74, 6) is 0.366. The number of esters is 2. The molecule has 47 heavy (non-hydrogen) atoms. The van der Waals surface area contributed by atoms with E-state index in [4.69, 9.17) is 18.9 Å². The second-order valence-corrected chi connectivity index (χ2v) is 11.6. The Morgan fingerprint density at radius 1 is 0.660 bits per heavy atom. The number of ether oxygens (including phenoxy) is 4. The van der Waals surface area contributed by atoms with Crippen LogP contribution in [0.3, 0.4) is 0 Å². The van der Waals surface area contributed by atoms with Crippen LogP contribution in [0.2, 0.25) is 0 Å². The standard InChI is InChI=1S/C40H49NO6/c1-4-6-8-10-12-14-28-45-36-21-15-32(16-22-36)29-35(30-41)40(43)47-38-25-19-34(20-26-38)33-17-23-37(24-18-33)46-39(42)31(3)44-27-13-11-9-7-5-2/h15-26,29,31H,4-14,27-28H2,1-3H3/b35-29+. The van der Waals surface area contributed by atoms with Gasteiger partial charge in [-0.15, -0.1) is 0 Å². The summed E-state index contributed by atoms with van der Waals surface area (Å²) in [6, 6.07) is 23.4. The first kappa shape index (κ1) is 37.1. The normalized spacial score (nSPS) is 11.8. The van der Waals surface area contributed by atoms with Gasteiger partial charge < -0.3 is 18.9 Å². The molecule has 1 atom stereocenters. The van der Waals surface area contributed by atoms with E-state index in [1.165, 1.54) is 51.0 Å². The molecule has 0 aromatic heterocycles. The highest BCUT2D eigenvalue weighted by molar-refractivity contribution is 5.99. The van der Waals surface area contributed by atoms with Gasteiger partial charge in [0.2, 0.25) is 0 Å². The molecule has 0 aliphatic heterocycles. The average molecular weight is 640 g/mol. The Labute approximate surface area is 280 Å². The van der Waals surface area contributed by atoms with Crippen molar-refractivity contribution >= 4 is 18.0 Å². The molecule has 7 heteroatoms. The summed E-state index contributed by atoms with van der Waals surface area (Å²) in [4.78, 5) is 25.1. The van der Waals surface area contributed by atoms with Crippen molar-refractivity contribution in [2.24, 2.45) is 0 Å². The van der Waals surface area contributed by atoms with Crippen molar-refractivity contribution in [3.63, 3.8) is 0 Å². The molecule has 3 rings (SSSR count). The van der Waals surface area contributed by atoms with E-state index in [1.54, 1.807) is 31.2 Å². The van der Waals surface area contributed by atoms with Crippen LogP contribution in [0.25, 0.3) is 17.2 Å². The molecule has 0 radical (unpaired) electrons. The SMILES string of the molecule is CCCCCCCCOc1ccc(/C=C(\C#N)C(=O)Oc2ccc(-c3ccc(OC(=O)C(C)OCCCCCCC)cc3)cc2)cc1. The molecule has 1 unspecified atom stereocenters. The van der Waals surface area contributed by atoms with E-state index in [1.807, 2.05) is 54.6 Å². The number of carbonyl (C=O) groups excluding carboxylic acids is 2. The summed E-state index contributed by atoms with van der Waals surface area (Å²) in [6.45, 7) is 7.31. The van der Waals surface area contributed by atoms with Crippen molar-refractivity contribution in [3.8, 4) is 34.4 Å². The van der Waals surface area contributed by atoms with Crippen LogP contribution in [0.4, 0.5) is 0 Å². The third-order valence-corrected chi connectivity index (χ3v) is 7.72. The van der Waals surface area contributed by atoms with Gasteiger partial charge in [-0.25, -0.2) is 9.59 Å². The number of carbonyl (C=O) groups is 2. The Morgan fingerprint density at radius 3 is 1.70 bits per heavy atom. The molecule has 0 aliphatic carbocycles. The summed E-state index contributed by atoms with van der Waals surface area (Å²) < 4.78 is 22.4. The third kappa shape index (κ3) is 13.9. The summed E-state index contributed by atoms with van der Waals surface area (Å²) in [6.07, 6.45) is 13.7. The third-order valence-electron chi connectivity index (χ3n) is 7.72. The minimum Gasteiger partial charge on any atom is -0.494 e. The predicted molar refractivity (Wildman–Crippen MR) is 186 cm³/mol. The Balaban J connectivity index is 1.46. The van der Waals surface area contributed by atoms with E-state index in [0.717, 1.165) is 42.6 Å². The molecule has 0 N–H and O–H groups in total. The number of nitrogens with zero attached hydrogens (tertiary/aromatic N) is 1. The summed E-state index contributed by atoms with van der Waals surface area (Å²) >= 11 is 0. The summed E-state index contributed by atoms with van der Waals surface area (Å²) in [5.41, 5.74) is 2.38. The molecule has 7 nitrogen and oxygen atoms in total. The van der Waals surface area contributed by atoms with Crippen molar-refractivity contribution in [3.05, 3.63) is 83.9 Å². The highest BCUT2D eigenvalue weighted by Gasteiger charge is 2.16. The number of hydrogen-bond acceptors (Lipinski definition) is 7. The lowest BCUT2D eigenvalue weighted by Gasteiger charge is -2.13. The maximum atomic E-state index is 12.7. The van der Waals surface area contributed by atoms with Gasteiger partial charge in [0, 0.05) is 6.61 Å². The zero-order valence-corrected chi connectivity index (χ0v) is 28.2. The number of benzene rings is 3. The predicted octanol–water partition coefficient (Wildman–Crippen LogP) is 9.89. The lowest BCUT2D eigenvalue weighted by Crippen LogP contribution is -2.26.